The largest absolute Gasteiger partial charge is 0.359 e. The number of nitrogens with one attached hydrogen (secondary N) is 1. The number of rotatable bonds is 4. The molecule has 24 heavy (non-hydrogen) atoms. The Morgan fingerprint density at radius 1 is 1.21 bits per heavy atom. The van der Waals surface area contributed by atoms with Gasteiger partial charge in [0, 0.05) is 31.4 Å². The van der Waals surface area contributed by atoms with Gasteiger partial charge in [-0.15, -0.1) is 0 Å². The highest BCUT2D eigenvalue weighted by molar-refractivity contribution is 5.83. The molecule has 1 aromatic carbocycles. The highest BCUT2D eigenvalue weighted by Gasteiger charge is 2.17. The third-order valence-electron chi connectivity index (χ3n) is 4.36. The molecule has 0 atom stereocenters. The Labute approximate surface area is 139 Å². The molecule has 2 aromatic heterocycles. The number of para-hydroxylation sites is 1. The standard InChI is InChI=1S/C18H20N4O2/c1-12-13(2)22(14-7-5-4-6-8-14)17-16(12)18(24)21(11-20-17)10-9-15(23)19-3/h4-8,11H,9-10H2,1-3H3,(H,19,23). The lowest BCUT2D eigenvalue weighted by atomic mass is 10.2. The first-order chi connectivity index (χ1) is 11.5. The van der Waals surface area contributed by atoms with Crippen LogP contribution < -0.4 is 10.9 Å². The molecule has 3 aromatic rings. The summed E-state index contributed by atoms with van der Waals surface area (Å²) < 4.78 is 3.49. The molecule has 1 amide bonds. The number of fused-ring (bicyclic) bond motifs is 1. The molecule has 0 radical (unpaired) electrons. The highest BCUT2D eigenvalue weighted by Crippen LogP contribution is 2.24. The fraction of sp³-hybridized carbons (Fsp3) is 0.278. The fourth-order valence-corrected chi connectivity index (χ4v) is 2.88. The molecule has 0 spiro atoms. The molecule has 0 aliphatic carbocycles. The van der Waals surface area contributed by atoms with Crippen molar-refractivity contribution in [2.75, 3.05) is 7.05 Å². The number of hydrogen-bond donors (Lipinski definition) is 1. The molecule has 124 valence electrons. The van der Waals surface area contributed by atoms with Gasteiger partial charge < -0.3 is 5.32 Å². The minimum atomic E-state index is -0.112. The van der Waals surface area contributed by atoms with E-state index in [2.05, 4.69) is 10.3 Å². The molecule has 0 unspecified atom stereocenters. The van der Waals surface area contributed by atoms with E-state index in [4.69, 9.17) is 0 Å². The smallest absolute Gasteiger partial charge is 0.263 e. The van der Waals surface area contributed by atoms with Crippen LogP contribution in [0.2, 0.25) is 0 Å². The Kier molecular flexibility index (Phi) is 4.20. The zero-order valence-electron chi connectivity index (χ0n) is 14.0. The highest BCUT2D eigenvalue weighted by atomic mass is 16.1. The van der Waals surface area contributed by atoms with Gasteiger partial charge in [0.15, 0.2) is 5.65 Å². The molecule has 0 saturated carbocycles. The molecule has 0 fully saturated rings. The van der Waals surface area contributed by atoms with Gasteiger partial charge in [-0.3, -0.25) is 18.7 Å². The second-order valence-electron chi connectivity index (χ2n) is 5.75. The van der Waals surface area contributed by atoms with E-state index in [9.17, 15) is 9.59 Å². The van der Waals surface area contributed by atoms with Crippen LogP contribution in [0.4, 0.5) is 0 Å². The maximum Gasteiger partial charge on any atom is 0.263 e. The van der Waals surface area contributed by atoms with E-state index in [1.165, 1.54) is 10.9 Å². The Bertz CT molecular complexity index is 955. The van der Waals surface area contributed by atoms with Crippen LogP contribution in [0.15, 0.2) is 41.5 Å². The molecule has 2 heterocycles. The summed E-state index contributed by atoms with van der Waals surface area (Å²) in [6.07, 6.45) is 1.77. The maximum atomic E-state index is 12.8. The van der Waals surface area contributed by atoms with Crippen molar-refractivity contribution >= 4 is 16.9 Å². The summed E-state index contributed by atoms with van der Waals surface area (Å²) >= 11 is 0. The van der Waals surface area contributed by atoms with Gasteiger partial charge >= 0.3 is 0 Å². The summed E-state index contributed by atoms with van der Waals surface area (Å²) in [6, 6.07) is 9.85. The fourth-order valence-electron chi connectivity index (χ4n) is 2.88. The predicted octanol–water partition coefficient (Wildman–Crippen LogP) is 1.94. The van der Waals surface area contributed by atoms with Crippen LogP contribution in [0.5, 0.6) is 0 Å². The van der Waals surface area contributed by atoms with Gasteiger partial charge in [-0.1, -0.05) is 18.2 Å². The number of nitrogens with zero attached hydrogens (tertiary/aromatic N) is 3. The molecule has 6 nitrogen and oxygen atoms in total. The quantitative estimate of drug-likeness (QED) is 0.797. The van der Waals surface area contributed by atoms with Crippen molar-refractivity contribution in [3.63, 3.8) is 0 Å². The lowest BCUT2D eigenvalue weighted by molar-refractivity contribution is -0.120. The minimum Gasteiger partial charge on any atom is -0.359 e. The molecular weight excluding hydrogens is 304 g/mol. The SMILES string of the molecule is CNC(=O)CCn1cnc2c(c(C)c(C)n2-c2ccccc2)c1=O. The zero-order valence-corrected chi connectivity index (χ0v) is 14.0. The molecule has 0 bridgehead atoms. The lowest BCUT2D eigenvalue weighted by Gasteiger charge is -2.08. The summed E-state index contributed by atoms with van der Waals surface area (Å²) in [7, 11) is 1.58. The summed E-state index contributed by atoms with van der Waals surface area (Å²) in [4.78, 5) is 28.7. The van der Waals surface area contributed by atoms with Crippen LogP contribution >= 0.6 is 0 Å². The summed E-state index contributed by atoms with van der Waals surface area (Å²) in [6.45, 7) is 4.23. The first kappa shape index (κ1) is 16.0. The first-order valence-electron chi connectivity index (χ1n) is 7.87. The predicted molar refractivity (Wildman–Crippen MR) is 93.5 cm³/mol. The average molecular weight is 324 g/mol. The normalized spacial score (nSPS) is 11.0. The Balaban J connectivity index is 2.15. The van der Waals surface area contributed by atoms with Gasteiger partial charge in [0.2, 0.25) is 5.91 Å². The van der Waals surface area contributed by atoms with Gasteiger partial charge in [0.1, 0.15) is 0 Å². The Morgan fingerprint density at radius 2 is 1.92 bits per heavy atom. The van der Waals surface area contributed by atoms with Crippen LogP contribution in [0.25, 0.3) is 16.7 Å². The molecule has 3 rings (SSSR count). The van der Waals surface area contributed by atoms with Gasteiger partial charge in [-0.05, 0) is 31.5 Å². The van der Waals surface area contributed by atoms with Crippen LogP contribution in [-0.2, 0) is 11.3 Å². The molecule has 0 aliphatic heterocycles. The van der Waals surface area contributed by atoms with E-state index >= 15 is 0 Å². The third-order valence-corrected chi connectivity index (χ3v) is 4.36. The van der Waals surface area contributed by atoms with Crippen molar-refractivity contribution in [3.8, 4) is 5.69 Å². The van der Waals surface area contributed by atoms with Gasteiger partial charge in [0.05, 0.1) is 11.7 Å². The zero-order chi connectivity index (χ0) is 17.3. The van der Waals surface area contributed by atoms with E-state index < -0.39 is 0 Å². The van der Waals surface area contributed by atoms with Gasteiger partial charge in [-0.2, -0.15) is 0 Å². The van der Waals surface area contributed by atoms with E-state index in [-0.39, 0.29) is 17.9 Å². The summed E-state index contributed by atoms with van der Waals surface area (Å²) in [5.74, 6) is -0.100. The van der Waals surface area contributed by atoms with Crippen LogP contribution in [0.3, 0.4) is 0 Å². The monoisotopic (exact) mass is 324 g/mol. The number of aryl methyl sites for hydroxylation is 2. The third kappa shape index (κ3) is 2.60. The van der Waals surface area contributed by atoms with Crippen molar-refractivity contribution < 1.29 is 4.79 Å². The minimum absolute atomic E-state index is 0.100. The number of hydrogen-bond acceptors (Lipinski definition) is 3. The van der Waals surface area contributed by atoms with Crippen molar-refractivity contribution in [2.45, 2.75) is 26.8 Å². The molecule has 0 aliphatic rings. The topological polar surface area (TPSA) is 68.9 Å². The van der Waals surface area contributed by atoms with E-state index in [1.807, 2.05) is 48.7 Å². The summed E-state index contributed by atoms with van der Waals surface area (Å²) in [5.41, 5.74) is 3.42. The average Bonchev–Trinajstić information content (AvgIpc) is 2.86. The van der Waals surface area contributed by atoms with Crippen molar-refractivity contribution in [2.24, 2.45) is 0 Å². The molecule has 6 heteroatoms. The number of amides is 1. The summed E-state index contributed by atoms with van der Waals surface area (Å²) in [5, 5.41) is 3.17. The number of benzene rings is 1. The van der Waals surface area contributed by atoms with Crippen LogP contribution in [0.1, 0.15) is 17.7 Å². The van der Waals surface area contributed by atoms with Crippen molar-refractivity contribution in [1.29, 1.82) is 0 Å². The first-order valence-corrected chi connectivity index (χ1v) is 7.87. The molecule has 0 saturated heterocycles. The Hall–Kier alpha value is -2.89. The van der Waals surface area contributed by atoms with E-state index in [1.54, 1.807) is 7.05 Å². The van der Waals surface area contributed by atoms with Crippen LogP contribution in [0, 0.1) is 13.8 Å². The number of carbonyl (C=O) groups excluding carboxylic acids is 1. The van der Waals surface area contributed by atoms with Crippen LogP contribution in [-0.4, -0.2) is 27.1 Å². The molecule has 1 N–H and O–H groups in total. The second-order valence-corrected chi connectivity index (χ2v) is 5.75. The van der Waals surface area contributed by atoms with E-state index in [0.29, 0.717) is 17.6 Å². The maximum absolute atomic E-state index is 12.8. The van der Waals surface area contributed by atoms with E-state index in [0.717, 1.165) is 16.9 Å². The second kappa shape index (κ2) is 6.31. The van der Waals surface area contributed by atoms with Crippen molar-refractivity contribution in [3.05, 3.63) is 58.3 Å². The number of carbonyl (C=O) groups is 1. The van der Waals surface area contributed by atoms with Gasteiger partial charge in [0.25, 0.3) is 5.56 Å². The lowest BCUT2D eigenvalue weighted by Crippen LogP contribution is -2.25. The van der Waals surface area contributed by atoms with Crippen molar-refractivity contribution in [1.82, 2.24) is 19.4 Å². The Morgan fingerprint density at radius 3 is 2.58 bits per heavy atom. The number of aromatic nitrogens is 3. The van der Waals surface area contributed by atoms with Gasteiger partial charge in [-0.25, -0.2) is 4.98 Å². The molecular formula is C18H20N4O2.